The summed E-state index contributed by atoms with van der Waals surface area (Å²) < 4.78 is 5.54. The minimum atomic E-state index is -0.0717. The fourth-order valence-electron chi connectivity index (χ4n) is 3.44. The summed E-state index contributed by atoms with van der Waals surface area (Å²) >= 11 is 0. The molecular formula is C15H29NO2. The third kappa shape index (κ3) is 4.52. The molecule has 1 N–H and O–H groups in total. The first kappa shape index (κ1) is 14.3. The molecular weight excluding hydrogens is 226 g/mol. The van der Waals surface area contributed by atoms with Crippen molar-refractivity contribution in [1.82, 2.24) is 4.90 Å². The van der Waals surface area contributed by atoms with Crippen LogP contribution in [0, 0.1) is 11.8 Å². The van der Waals surface area contributed by atoms with Crippen LogP contribution >= 0.6 is 0 Å². The van der Waals surface area contributed by atoms with Crippen LogP contribution in [-0.4, -0.2) is 49.5 Å². The van der Waals surface area contributed by atoms with Gasteiger partial charge in [0.25, 0.3) is 0 Å². The number of hydrogen-bond acceptors (Lipinski definition) is 3. The fraction of sp³-hybridized carbons (Fsp3) is 1.00. The molecule has 3 heteroatoms. The van der Waals surface area contributed by atoms with Crippen molar-refractivity contribution < 1.29 is 9.84 Å². The standard InChI is InChI=1S/C15H29NO2/c1-16(10-13-6-5-9-18-12-13)11-14-7-3-2-4-8-15(14)17/h13-15,17H,2-12H2,1H3. The first-order valence-electron chi connectivity index (χ1n) is 7.70. The second kappa shape index (κ2) is 7.46. The van der Waals surface area contributed by atoms with E-state index in [2.05, 4.69) is 11.9 Å². The van der Waals surface area contributed by atoms with Crippen LogP contribution in [-0.2, 0) is 4.74 Å². The second-order valence-corrected chi connectivity index (χ2v) is 6.27. The molecule has 0 amide bonds. The average molecular weight is 255 g/mol. The highest BCUT2D eigenvalue weighted by Crippen LogP contribution is 2.24. The van der Waals surface area contributed by atoms with Crippen molar-refractivity contribution in [1.29, 1.82) is 0 Å². The van der Waals surface area contributed by atoms with Crippen LogP contribution in [0.15, 0.2) is 0 Å². The van der Waals surface area contributed by atoms with E-state index in [1.165, 1.54) is 38.5 Å². The van der Waals surface area contributed by atoms with E-state index in [4.69, 9.17) is 4.74 Å². The predicted octanol–water partition coefficient (Wildman–Crippen LogP) is 2.29. The number of aliphatic hydroxyl groups is 1. The summed E-state index contributed by atoms with van der Waals surface area (Å²) in [4.78, 5) is 2.42. The maximum Gasteiger partial charge on any atom is 0.0580 e. The summed E-state index contributed by atoms with van der Waals surface area (Å²) in [6, 6.07) is 0. The second-order valence-electron chi connectivity index (χ2n) is 6.27. The zero-order chi connectivity index (χ0) is 12.8. The van der Waals surface area contributed by atoms with Crippen LogP contribution in [0.25, 0.3) is 0 Å². The Kier molecular flexibility index (Phi) is 5.93. The van der Waals surface area contributed by atoms with Gasteiger partial charge in [-0.2, -0.15) is 0 Å². The molecule has 2 aliphatic rings. The minimum Gasteiger partial charge on any atom is -0.393 e. The van der Waals surface area contributed by atoms with Crippen LogP contribution in [0.2, 0.25) is 0 Å². The van der Waals surface area contributed by atoms with Crippen molar-refractivity contribution in [3.05, 3.63) is 0 Å². The maximum atomic E-state index is 10.2. The normalized spacial score (nSPS) is 34.5. The largest absolute Gasteiger partial charge is 0.393 e. The molecule has 0 aromatic heterocycles. The van der Waals surface area contributed by atoms with Crippen molar-refractivity contribution in [2.45, 2.75) is 51.0 Å². The Balaban J connectivity index is 1.72. The van der Waals surface area contributed by atoms with E-state index in [1.807, 2.05) is 0 Å². The molecule has 1 aliphatic carbocycles. The predicted molar refractivity (Wildman–Crippen MR) is 73.6 cm³/mol. The molecule has 1 saturated heterocycles. The smallest absolute Gasteiger partial charge is 0.0580 e. The molecule has 3 nitrogen and oxygen atoms in total. The van der Waals surface area contributed by atoms with E-state index < -0.39 is 0 Å². The Morgan fingerprint density at radius 3 is 2.67 bits per heavy atom. The van der Waals surface area contributed by atoms with Gasteiger partial charge in [0.15, 0.2) is 0 Å². The zero-order valence-corrected chi connectivity index (χ0v) is 11.8. The molecule has 2 rings (SSSR count). The van der Waals surface area contributed by atoms with E-state index in [0.29, 0.717) is 11.8 Å². The SMILES string of the molecule is CN(CC1CCCOC1)CC1CCCCCC1O. The Labute approximate surface area is 112 Å². The highest BCUT2D eigenvalue weighted by Gasteiger charge is 2.24. The minimum absolute atomic E-state index is 0.0717. The average Bonchev–Trinajstić information content (AvgIpc) is 2.56. The number of aliphatic hydroxyl groups excluding tert-OH is 1. The number of rotatable bonds is 4. The first-order valence-corrected chi connectivity index (χ1v) is 7.70. The molecule has 1 aliphatic heterocycles. The highest BCUT2D eigenvalue weighted by molar-refractivity contribution is 4.77. The van der Waals surface area contributed by atoms with Crippen molar-refractivity contribution >= 4 is 0 Å². The van der Waals surface area contributed by atoms with Crippen molar-refractivity contribution in [3.8, 4) is 0 Å². The molecule has 1 saturated carbocycles. The molecule has 0 radical (unpaired) electrons. The van der Waals surface area contributed by atoms with Gasteiger partial charge in [-0.15, -0.1) is 0 Å². The first-order chi connectivity index (χ1) is 8.75. The van der Waals surface area contributed by atoms with Gasteiger partial charge in [0.1, 0.15) is 0 Å². The molecule has 106 valence electrons. The van der Waals surface area contributed by atoms with E-state index >= 15 is 0 Å². The molecule has 0 spiro atoms. The van der Waals surface area contributed by atoms with Crippen LogP contribution in [0.5, 0.6) is 0 Å². The summed E-state index contributed by atoms with van der Waals surface area (Å²) in [5, 5.41) is 10.2. The number of nitrogens with zero attached hydrogens (tertiary/aromatic N) is 1. The van der Waals surface area contributed by atoms with Crippen LogP contribution in [0.1, 0.15) is 44.9 Å². The third-order valence-corrected chi connectivity index (χ3v) is 4.49. The number of ether oxygens (including phenoxy) is 1. The topological polar surface area (TPSA) is 32.7 Å². The monoisotopic (exact) mass is 255 g/mol. The Hall–Kier alpha value is -0.120. The lowest BCUT2D eigenvalue weighted by molar-refractivity contribution is 0.0316. The summed E-state index contributed by atoms with van der Waals surface area (Å²) in [6.45, 7) is 4.06. The van der Waals surface area contributed by atoms with Crippen LogP contribution < -0.4 is 0 Å². The molecule has 3 atom stereocenters. The molecule has 0 aromatic carbocycles. The molecule has 0 aromatic rings. The summed E-state index contributed by atoms with van der Waals surface area (Å²) in [7, 11) is 2.20. The lowest BCUT2D eigenvalue weighted by atomic mass is 9.95. The molecule has 3 unspecified atom stereocenters. The highest BCUT2D eigenvalue weighted by atomic mass is 16.5. The van der Waals surface area contributed by atoms with Gasteiger partial charge >= 0.3 is 0 Å². The van der Waals surface area contributed by atoms with Gasteiger partial charge in [0, 0.05) is 19.7 Å². The van der Waals surface area contributed by atoms with Crippen LogP contribution in [0.3, 0.4) is 0 Å². The van der Waals surface area contributed by atoms with Gasteiger partial charge in [-0.1, -0.05) is 19.3 Å². The van der Waals surface area contributed by atoms with Gasteiger partial charge < -0.3 is 14.7 Å². The Morgan fingerprint density at radius 2 is 1.89 bits per heavy atom. The molecule has 18 heavy (non-hydrogen) atoms. The fourth-order valence-corrected chi connectivity index (χ4v) is 3.44. The van der Waals surface area contributed by atoms with Gasteiger partial charge in [-0.3, -0.25) is 0 Å². The molecule has 1 heterocycles. The lowest BCUT2D eigenvalue weighted by Crippen LogP contribution is -2.37. The van der Waals surface area contributed by atoms with Crippen molar-refractivity contribution in [3.63, 3.8) is 0 Å². The van der Waals surface area contributed by atoms with Gasteiger partial charge in [-0.25, -0.2) is 0 Å². The number of hydrogen-bond donors (Lipinski definition) is 1. The summed E-state index contributed by atoms with van der Waals surface area (Å²) in [5.74, 6) is 1.19. The van der Waals surface area contributed by atoms with E-state index in [0.717, 1.165) is 32.7 Å². The van der Waals surface area contributed by atoms with E-state index in [-0.39, 0.29) is 6.10 Å². The summed E-state index contributed by atoms with van der Waals surface area (Å²) in [5.41, 5.74) is 0. The van der Waals surface area contributed by atoms with Crippen molar-refractivity contribution in [2.75, 3.05) is 33.4 Å². The van der Waals surface area contributed by atoms with E-state index in [1.54, 1.807) is 0 Å². The Bertz CT molecular complexity index is 229. The maximum absolute atomic E-state index is 10.2. The van der Waals surface area contributed by atoms with E-state index in [9.17, 15) is 5.11 Å². The molecule has 0 bridgehead atoms. The Morgan fingerprint density at radius 1 is 1.06 bits per heavy atom. The van der Waals surface area contributed by atoms with Crippen molar-refractivity contribution in [2.24, 2.45) is 11.8 Å². The van der Waals surface area contributed by atoms with Gasteiger partial charge in [-0.05, 0) is 44.6 Å². The summed E-state index contributed by atoms with van der Waals surface area (Å²) in [6.07, 6.45) is 8.45. The third-order valence-electron chi connectivity index (χ3n) is 4.49. The zero-order valence-electron chi connectivity index (χ0n) is 11.8. The van der Waals surface area contributed by atoms with Crippen LogP contribution in [0.4, 0.5) is 0 Å². The quantitative estimate of drug-likeness (QED) is 0.782. The van der Waals surface area contributed by atoms with Gasteiger partial charge in [0.2, 0.25) is 0 Å². The lowest BCUT2D eigenvalue weighted by Gasteiger charge is -2.30. The molecule has 2 fully saturated rings. The van der Waals surface area contributed by atoms with Gasteiger partial charge in [0.05, 0.1) is 12.7 Å².